The van der Waals surface area contributed by atoms with Gasteiger partial charge in [-0.3, -0.25) is 0 Å². The summed E-state index contributed by atoms with van der Waals surface area (Å²) < 4.78 is 13.0. The maximum absolute atomic E-state index is 5.41. The number of para-hydroxylation sites is 2. The van der Waals surface area contributed by atoms with E-state index >= 15 is 0 Å². The molecule has 4 heteroatoms. The molecule has 4 nitrogen and oxygen atoms in total. The molecule has 0 aliphatic heterocycles. The summed E-state index contributed by atoms with van der Waals surface area (Å²) in [6, 6.07) is 14.3. The van der Waals surface area contributed by atoms with Crippen LogP contribution in [0.25, 0.3) is 11.0 Å². The van der Waals surface area contributed by atoms with E-state index in [1.54, 1.807) is 14.2 Å². The average molecular weight is 310 g/mol. The number of rotatable bonds is 6. The Kier molecular flexibility index (Phi) is 4.51. The van der Waals surface area contributed by atoms with Gasteiger partial charge in [-0.2, -0.15) is 0 Å². The molecule has 0 radical (unpaired) electrons. The third-order valence-electron chi connectivity index (χ3n) is 4.00. The molecule has 3 aromatic rings. The molecule has 1 heterocycles. The summed E-state index contributed by atoms with van der Waals surface area (Å²) in [6.07, 6.45) is 2.05. The van der Waals surface area contributed by atoms with Crippen LogP contribution >= 0.6 is 0 Å². The molecule has 0 N–H and O–H groups in total. The Morgan fingerprint density at radius 3 is 2.52 bits per heavy atom. The van der Waals surface area contributed by atoms with Gasteiger partial charge in [0.25, 0.3) is 0 Å². The molecular formula is C19H22N2O2. The van der Waals surface area contributed by atoms with E-state index in [1.165, 1.54) is 11.1 Å². The van der Waals surface area contributed by atoms with E-state index in [2.05, 4.69) is 35.8 Å². The van der Waals surface area contributed by atoms with Crippen molar-refractivity contribution in [2.45, 2.75) is 26.3 Å². The van der Waals surface area contributed by atoms with Crippen LogP contribution < -0.4 is 9.47 Å². The molecule has 0 spiro atoms. The second-order valence-electron chi connectivity index (χ2n) is 5.54. The van der Waals surface area contributed by atoms with Crippen LogP contribution in [0, 0.1) is 0 Å². The molecule has 2 aromatic carbocycles. The summed E-state index contributed by atoms with van der Waals surface area (Å²) in [6.45, 7) is 2.95. The molecule has 120 valence electrons. The van der Waals surface area contributed by atoms with Gasteiger partial charge in [0.2, 0.25) is 0 Å². The quantitative estimate of drug-likeness (QED) is 0.689. The number of benzene rings is 2. The van der Waals surface area contributed by atoms with Crippen molar-refractivity contribution in [3.8, 4) is 11.5 Å². The van der Waals surface area contributed by atoms with E-state index in [9.17, 15) is 0 Å². The lowest BCUT2D eigenvalue weighted by Crippen LogP contribution is -2.05. The molecule has 0 saturated carbocycles. The Morgan fingerprint density at radius 2 is 1.78 bits per heavy atom. The fraction of sp³-hybridized carbons (Fsp3) is 0.316. The van der Waals surface area contributed by atoms with Crippen molar-refractivity contribution in [3.05, 3.63) is 53.9 Å². The van der Waals surface area contributed by atoms with Crippen LogP contribution in [0.4, 0.5) is 0 Å². The molecule has 0 aliphatic carbocycles. The van der Waals surface area contributed by atoms with Crippen molar-refractivity contribution in [2.75, 3.05) is 14.2 Å². The summed E-state index contributed by atoms with van der Waals surface area (Å²) in [5.41, 5.74) is 3.39. The second kappa shape index (κ2) is 6.73. The van der Waals surface area contributed by atoms with Crippen LogP contribution in [0.3, 0.4) is 0 Å². The summed E-state index contributed by atoms with van der Waals surface area (Å²) in [4.78, 5) is 4.78. The van der Waals surface area contributed by atoms with Gasteiger partial charge in [0.15, 0.2) is 11.5 Å². The lowest BCUT2D eigenvalue weighted by molar-refractivity contribution is 0.354. The predicted octanol–water partition coefficient (Wildman–Crippen LogP) is 4.05. The topological polar surface area (TPSA) is 36.3 Å². The van der Waals surface area contributed by atoms with Gasteiger partial charge in [-0.05, 0) is 36.2 Å². The van der Waals surface area contributed by atoms with Crippen LogP contribution in [0.15, 0.2) is 42.5 Å². The Bertz CT molecular complexity index is 808. The van der Waals surface area contributed by atoms with Crippen molar-refractivity contribution >= 4 is 11.0 Å². The van der Waals surface area contributed by atoms with E-state index in [0.29, 0.717) is 0 Å². The molecular weight excluding hydrogens is 288 g/mol. The number of imidazole rings is 1. The molecule has 0 saturated heterocycles. The minimum Gasteiger partial charge on any atom is -0.493 e. The first-order valence-corrected chi connectivity index (χ1v) is 7.91. The molecule has 0 aliphatic rings. The molecule has 3 rings (SSSR count). The Hall–Kier alpha value is -2.49. The largest absolute Gasteiger partial charge is 0.493 e. The highest BCUT2D eigenvalue weighted by atomic mass is 16.5. The highest BCUT2D eigenvalue weighted by molar-refractivity contribution is 5.76. The molecule has 0 bridgehead atoms. The summed E-state index contributed by atoms with van der Waals surface area (Å²) in [5.74, 6) is 2.63. The summed E-state index contributed by atoms with van der Waals surface area (Å²) in [5, 5.41) is 0. The van der Waals surface area contributed by atoms with Crippen molar-refractivity contribution in [3.63, 3.8) is 0 Å². The molecule has 1 aromatic heterocycles. The normalized spacial score (nSPS) is 10.9. The first kappa shape index (κ1) is 15.4. The van der Waals surface area contributed by atoms with Crippen molar-refractivity contribution in [1.29, 1.82) is 0 Å². The van der Waals surface area contributed by atoms with Gasteiger partial charge in [-0.25, -0.2) is 4.98 Å². The predicted molar refractivity (Wildman–Crippen MR) is 92.4 cm³/mol. The van der Waals surface area contributed by atoms with Gasteiger partial charge < -0.3 is 14.0 Å². The van der Waals surface area contributed by atoms with Crippen molar-refractivity contribution in [1.82, 2.24) is 9.55 Å². The van der Waals surface area contributed by atoms with Crippen LogP contribution in [0.2, 0.25) is 0 Å². The number of fused-ring (bicyclic) bond motifs is 1. The maximum atomic E-state index is 5.41. The van der Waals surface area contributed by atoms with E-state index in [0.717, 1.165) is 42.2 Å². The van der Waals surface area contributed by atoms with Crippen LogP contribution in [-0.4, -0.2) is 23.8 Å². The molecule has 0 fully saturated rings. The van der Waals surface area contributed by atoms with E-state index in [-0.39, 0.29) is 0 Å². The highest BCUT2D eigenvalue weighted by Gasteiger charge is 2.11. The number of nitrogens with zero attached hydrogens (tertiary/aromatic N) is 2. The Morgan fingerprint density at radius 1 is 1.00 bits per heavy atom. The minimum atomic E-state index is 0.750. The molecule has 0 amide bonds. The maximum Gasteiger partial charge on any atom is 0.161 e. The zero-order valence-corrected chi connectivity index (χ0v) is 13.9. The number of hydrogen-bond acceptors (Lipinski definition) is 3. The van der Waals surface area contributed by atoms with Crippen LogP contribution in [-0.2, 0) is 13.0 Å². The second-order valence-corrected chi connectivity index (χ2v) is 5.54. The average Bonchev–Trinajstić information content (AvgIpc) is 2.93. The van der Waals surface area contributed by atoms with Gasteiger partial charge in [-0.1, -0.05) is 25.1 Å². The summed E-state index contributed by atoms with van der Waals surface area (Å²) in [7, 11) is 3.32. The van der Waals surface area contributed by atoms with E-state index in [4.69, 9.17) is 14.5 Å². The number of ether oxygens (including phenoxy) is 2. The smallest absolute Gasteiger partial charge is 0.161 e. The zero-order valence-electron chi connectivity index (χ0n) is 13.9. The van der Waals surface area contributed by atoms with Gasteiger partial charge in [0.1, 0.15) is 5.82 Å². The lowest BCUT2D eigenvalue weighted by atomic mass is 10.2. The number of methoxy groups -OCH3 is 2. The van der Waals surface area contributed by atoms with E-state index in [1.807, 2.05) is 18.2 Å². The standard InChI is InChI=1S/C19H22N2O2/c1-4-7-19-20-15-8-5-6-9-16(15)21(19)13-14-10-11-17(22-2)18(12-14)23-3/h5-6,8-12H,4,7,13H2,1-3H3. The Balaban J connectivity index is 2.02. The Labute approximate surface area is 136 Å². The molecule has 0 unspecified atom stereocenters. The zero-order chi connectivity index (χ0) is 16.2. The van der Waals surface area contributed by atoms with Gasteiger partial charge in [0, 0.05) is 13.0 Å². The fourth-order valence-electron chi connectivity index (χ4n) is 2.88. The van der Waals surface area contributed by atoms with Crippen LogP contribution in [0.1, 0.15) is 24.7 Å². The third kappa shape index (κ3) is 3.02. The number of aromatic nitrogens is 2. The summed E-state index contributed by atoms with van der Waals surface area (Å²) >= 11 is 0. The molecule has 0 atom stereocenters. The SMILES string of the molecule is CCCc1nc2ccccc2n1Cc1ccc(OC)c(OC)c1. The van der Waals surface area contributed by atoms with Crippen LogP contribution in [0.5, 0.6) is 11.5 Å². The van der Waals surface area contributed by atoms with Gasteiger partial charge in [-0.15, -0.1) is 0 Å². The first-order chi connectivity index (χ1) is 11.3. The third-order valence-corrected chi connectivity index (χ3v) is 4.00. The monoisotopic (exact) mass is 310 g/mol. The van der Waals surface area contributed by atoms with Gasteiger partial charge >= 0.3 is 0 Å². The van der Waals surface area contributed by atoms with Gasteiger partial charge in [0.05, 0.1) is 25.3 Å². The number of aryl methyl sites for hydroxylation is 1. The minimum absolute atomic E-state index is 0.750. The molecule has 23 heavy (non-hydrogen) atoms. The first-order valence-electron chi connectivity index (χ1n) is 7.91. The van der Waals surface area contributed by atoms with E-state index < -0.39 is 0 Å². The van der Waals surface area contributed by atoms with Crippen molar-refractivity contribution < 1.29 is 9.47 Å². The number of hydrogen-bond donors (Lipinski definition) is 0. The highest BCUT2D eigenvalue weighted by Crippen LogP contribution is 2.28. The fourth-order valence-corrected chi connectivity index (χ4v) is 2.88. The lowest BCUT2D eigenvalue weighted by Gasteiger charge is -2.12. The van der Waals surface area contributed by atoms with Crippen molar-refractivity contribution in [2.24, 2.45) is 0 Å².